The minimum Gasteiger partial charge on any atom is -0.492 e. The van der Waals surface area contributed by atoms with Crippen LogP contribution in [-0.2, 0) is 0 Å². The Hall–Kier alpha value is -0.730. The predicted molar refractivity (Wildman–Crippen MR) is 87.5 cm³/mol. The van der Waals surface area contributed by atoms with Crippen molar-refractivity contribution >= 4 is 11.6 Å². The highest BCUT2D eigenvalue weighted by Gasteiger charge is 2.05. The molecule has 3 heteroatoms. The van der Waals surface area contributed by atoms with Crippen molar-refractivity contribution in [1.29, 1.82) is 0 Å². The molecule has 0 amide bonds. The first-order valence-corrected chi connectivity index (χ1v) is 8.20. The number of rotatable bonds is 10. The summed E-state index contributed by atoms with van der Waals surface area (Å²) in [6, 6.07) is 5.80. The van der Waals surface area contributed by atoms with Gasteiger partial charge in [0, 0.05) is 6.04 Å². The lowest BCUT2D eigenvalue weighted by atomic mass is 10.1. The number of hydrogen-bond donors (Lipinski definition) is 1. The van der Waals surface area contributed by atoms with Crippen LogP contribution in [0.15, 0.2) is 18.2 Å². The highest BCUT2D eigenvalue weighted by molar-refractivity contribution is 6.32. The summed E-state index contributed by atoms with van der Waals surface area (Å²) in [4.78, 5) is 0. The molecule has 1 aromatic rings. The zero-order valence-corrected chi connectivity index (χ0v) is 13.6. The summed E-state index contributed by atoms with van der Waals surface area (Å²) in [6.45, 7) is 4.93. The Labute approximate surface area is 128 Å². The van der Waals surface area contributed by atoms with Gasteiger partial charge >= 0.3 is 0 Å². The van der Waals surface area contributed by atoms with Crippen molar-refractivity contribution in [3.05, 3.63) is 28.8 Å². The van der Waals surface area contributed by atoms with E-state index in [4.69, 9.17) is 22.1 Å². The van der Waals surface area contributed by atoms with Crippen LogP contribution in [0.5, 0.6) is 5.75 Å². The molecular formula is C17H28ClNO. The molecule has 0 aliphatic rings. The van der Waals surface area contributed by atoms with E-state index in [1.165, 1.54) is 38.5 Å². The standard InChI is InChI=1S/C17H28ClNO/c1-3-4-5-6-7-8-9-12-20-17-11-10-15(14(2)19)13-16(17)18/h10-11,13-14H,3-9,12,19H2,1-2H3/t14-/m0/s1. The summed E-state index contributed by atoms with van der Waals surface area (Å²) < 4.78 is 5.73. The molecule has 1 rings (SSSR count). The number of unbranched alkanes of at least 4 members (excludes halogenated alkanes) is 6. The SMILES string of the molecule is CCCCCCCCCOc1ccc([C@H](C)N)cc1Cl. The van der Waals surface area contributed by atoms with Gasteiger partial charge in [-0.1, -0.05) is 63.1 Å². The minimum atomic E-state index is 0.00432. The molecule has 2 N–H and O–H groups in total. The molecule has 0 saturated heterocycles. The lowest BCUT2D eigenvalue weighted by molar-refractivity contribution is 0.304. The van der Waals surface area contributed by atoms with Crippen LogP contribution in [-0.4, -0.2) is 6.61 Å². The van der Waals surface area contributed by atoms with E-state index >= 15 is 0 Å². The third kappa shape index (κ3) is 6.62. The van der Waals surface area contributed by atoms with Gasteiger partial charge in [-0.2, -0.15) is 0 Å². The summed E-state index contributed by atoms with van der Waals surface area (Å²) in [5, 5.41) is 0.655. The van der Waals surface area contributed by atoms with Crippen molar-refractivity contribution in [1.82, 2.24) is 0 Å². The molecule has 114 valence electrons. The minimum absolute atomic E-state index is 0.00432. The van der Waals surface area contributed by atoms with Gasteiger partial charge < -0.3 is 10.5 Å². The molecular weight excluding hydrogens is 270 g/mol. The maximum atomic E-state index is 6.19. The number of hydrogen-bond acceptors (Lipinski definition) is 2. The zero-order valence-electron chi connectivity index (χ0n) is 12.8. The summed E-state index contributed by atoms with van der Waals surface area (Å²) in [5.74, 6) is 0.766. The van der Waals surface area contributed by atoms with E-state index < -0.39 is 0 Å². The highest BCUT2D eigenvalue weighted by atomic mass is 35.5. The summed E-state index contributed by atoms with van der Waals surface area (Å²) in [5.41, 5.74) is 6.86. The molecule has 0 unspecified atom stereocenters. The van der Waals surface area contributed by atoms with Crippen molar-refractivity contribution in [3.8, 4) is 5.75 Å². The monoisotopic (exact) mass is 297 g/mol. The smallest absolute Gasteiger partial charge is 0.137 e. The lowest BCUT2D eigenvalue weighted by Crippen LogP contribution is -2.05. The normalized spacial score (nSPS) is 12.4. The van der Waals surface area contributed by atoms with Gasteiger partial charge in [-0.05, 0) is 31.0 Å². The number of nitrogens with two attached hydrogens (primary N) is 1. The number of halogens is 1. The molecule has 0 aliphatic heterocycles. The van der Waals surface area contributed by atoms with Gasteiger partial charge in [0.05, 0.1) is 11.6 Å². The highest BCUT2D eigenvalue weighted by Crippen LogP contribution is 2.27. The second kappa shape index (κ2) is 10.1. The van der Waals surface area contributed by atoms with Crippen molar-refractivity contribution in [2.24, 2.45) is 5.73 Å². The second-order valence-corrected chi connectivity index (χ2v) is 5.86. The van der Waals surface area contributed by atoms with Crippen LogP contribution in [0.1, 0.15) is 70.4 Å². The Kier molecular flexibility index (Phi) is 8.72. The quantitative estimate of drug-likeness (QED) is 0.580. The molecule has 0 radical (unpaired) electrons. The first kappa shape index (κ1) is 17.3. The Balaban J connectivity index is 2.19. The average Bonchev–Trinajstić information content (AvgIpc) is 2.43. The van der Waals surface area contributed by atoms with Gasteiger partial charge in [0.2, 0.25) is 0 Å². The molecule has 0 fully saturated rings. The Morgan fingerprint density at radius 1 is 1.10 bits per heavy atom. The third-order valence-corrected chi connectivity index (χ3v) is 3.78. The molecule has 0 bridgehead atoms. The van der Waals surface area contributed by atoms with E-state index in [1.807, 2.05) is 25.1 Å². The largest absolute Gasteiger partial charge is 0.492 e. The maximum Gasteiger partial charge on any atom is 0.137 e. The third-order valence-electron chi connectivity index (χ3n) is 3.49. The fraction of sp³-hybridized carbons (Fsp3) is 0.647. The van der Waals surface area contributed by atoms with Gasteiger partial charge in [0.15, 0.2) is 0 Å². The molecule has 0 saturated carbocycles. The summed E-state index contributed by atoms with van der Waals surface area (Å²) >= 11 is 6.19. The van der Waals surface area contributed by atoms with Crippen LogP contribution < -0.4 is 10.5 Å². The van der Waals surface area contributed by atoms with Crippen LogP contribution in [0, 0.1) is 0 Å². The van der Waals surface area contributed by atoms with Gasteiger partial charge in [-0.15, -0.1) is 0 Å². The summed E-state index contributed by atoms with van der Waals surface area (Å²) in [6.07, 6.45) is 9.01. The Bertz CT molecular complexity index is 379. The lowest BCUT2D eigenvalue weighted by Gasteiger charge is -2.11. The van der Waals surface area contributed by atoms with E-state index in [9.17, 15) is 0 Å². The molecule has 0 aromatic heterocycles. The van der Waals surface area contributed by atoms with Crippen LogP contribution in [0.2, 0.25) is 5.02 Å². The first-order valence-electron chi connectivity index (χ1n) is 7.83. The molecule has 1 atom stereocenters. The van der Waals surface area contributed by atoms with Crippen molar-refractivity contribution in [3.63, 3.8) is 0 Å². The maximum absolute atomic E-state index is 6.19. The van der Waals surface area contributed by atoms with Crippen LogP contribution >= 0.6 is 11.6 Å². The van der Waals surface area contributed by atoms with Crippen LogP contribution in [0.25, 0.3) is 0 Å². The van der Waals surface area contributed by atoms with E-state index in [1.54, 1.807) is 0 Å². The van der Waals surface area contributed by atoms with Crippen LogP contribution in [0.4, 0.5) is 0 Å². The van der Waals surface area contributed by atoms with Crippen molar-refractivity contribution < 1.29 is 4.74 Å². The van der Waals surface area contributed by atoms with Gasteiger partial charge in [0.1, 0.15) is 5.75 Å². The molecule has 2 nitrogen and oxygen atoms in total. The van der Waals surface area contributed by atoms with Gasteiger partial charge in [-0.3, -0.25) is 0 Å². The fourth-order valence-corrected chi connectivity index (χ4v) is 2.40. The van der Waals surface area contributed by atoms with Crippen molar-refractivity contribution in [2.75, 3.05) is 6.61 Å². The first-order chi connectivity index (χ1) is 9.65. The van der Waals surface area contributed by atoms with E-state index in [2.05, 4.69) is 6.92 Å². The van der Waals surface area contributed by atoms with Crippen molar-refractivity contribution in [2.45, 2.75) is 64.8 Å². The van der Waals surface area contributed by atoms with Crippen LogP contribution in [0.3, 0.4) is 0 Å². The predicted octanol–water partition coefficient (Wildman–Crippen LogP) is 5.49. The van der Waals surface area contributed by atoms with Gasteiger partial charge in [-0.25, -0.2) is 0 Å². The molecule has 0 heterocycles. The Morgan fingerprint density at radius 2 is 1.75 bits per heavy atom. The number of benzene rings is 1. The Morgan fingerprint density at radius 3 is 2.35 bits per heavy atom. The van der Waals surface area contributed by atoms with E-state index in [0.29, 0.717) is 5.02 Å². The number of ether oxygens (including phenoxy) is 1. The molecule has 0 aliphatic carbocycles. The second-order valence-electron chi connectivity index (χ2n) is 5.45. The molecule has 0 spiro atoms. The molecule has 1 aromatic carbocycles. The molecule has 20 heavy (non-hydrogen) atoms. The van der Waals surface area contributed by atoms with Gasteiger partial charge in [0.25, 0.3) is 0 Å². The van der Waals surface area contributed by atoms with E-state index in [-0.39, 0.29) is 6.04 Å². The topological polar surface area (TPSA) is 35.2 Å². The van der Waals surface area contributed by atoms with E-state index in [0.717, 1.165) is 24.3 Å². The fourth-order valence-electron chi connectivity index (χ4n) is 2.16. The average molecular weight is 298 g/mol. The zero-order chi connectivity index (χ0) is 14.8. The summed E-state index contributed by atoms with van der Waals surface area (Å²) in [7, 11) is 0.